The smallest absolute Gasteiger partial charge is 0.267 e. The summed E-state index contributed by atoms with van der Waals surface area (Å²) in [4.78, 5) is 23.4. The molecule has 0 radical (unpaired) electrons. The van der Waals surface area contributed by atoms with Crippen LogP contribution in [0.2, 0.25) is 5.02 Å². The minimum atomic E-state index is -1.02. The number of halogens is 1. The summed E-state index contributed by atoms with van der Waals surface area (Å²) in [6.07, 6.45) is 0. The van der Waals surface area contributed by atoms with Crippen LogP contribution in [0.1, 0.15) is 28.9 Å². The molecule has 0 bridgehead atoms. The second-order valence-corrected chi connectivity index (χ2v) is 5.76. The van der Waals surface area contributed by atoms with Gasteiger partial charge in [0.05, 0.1) is 0 Å². The van der Waals surface area contributed by atoms with E-state index in [-0.39, 0.29) is 14.0 Å². The van der Waals surface area contributed by atoms with Gasteiger partial charge in [0.25, 0.3) is 11.8 Å². The predicted octanol–water partition coefficient (Wildman–Crippen LogP) is 1.94. The standard InChI is InChI=1S/C20H16ClN3O3.CH4/c21-17-7-3-6-15(12-17)5-2-1-4-14-8-10-16(11-9-14)19(25)23-18(13-22)20(26)24-27;/h3,6-12,18,27H,13,22H2,(H,23,25)(H,24,26);1H4/t18-;/m0./s1. The molecule has 2 aromatic rings. The fraction of sp³-hybridized carbons (Fsp3) is 0.143. The van der Waals surface area contributed by atoms with E-state index in [1.165, 1.54) is 5.48 Å². The summed E-state index contributed by atoms with van der Waals surface area (Å²) >= 11 is 5.88. The SMILES string of the molecule is C.NC[C@H](NC(=O)c1ccc(C#CC#Cc2cccc(Cl)c2)cc1)C(=O)NO. The first kappa shape index (κ1) is 22.8. The third-order valence-corrected chi connectivity index (χ3v) is 3.65. The van der Waals surface area contributed by atoms with E-state index in [9.17, 15) is 9.59 Å². The van der Waals surface area contributed by atoms with E-state index in [1.54, 1.807) is 36.4 Å². The number of hydroxylamine groups is 1. The van der Waals surface area contributed by atoms with Gasteiger partial charge >= 0.3 is 0 Å². The second-order valence-electron chi connectivity index (χ2n) is 5.33. The Morgan fingerprint density at radius 1 is 1.07 bits per heavy atom. The highest BCUT2D eigenvalue weighted by atomic mass is 35.5. The molecule has 5 N–H and O–H groups in total. The minimum Gasteiger partial charge on any atom is -0.339 e. The molecule has 144 valence electrons. The topological polar surface area (TPSA) is 104 Å². The van der Waals surface area contributed by atoms with Crippen LogP contribution in [0.4, 0.5) is 0 Å². The first-order chi connectivity index (χ1) is 13.0. The van der Waals surface area contributed by atoms with Crippen LogP contribution < -0.4 is 16.5 Å². The van der Waals surface area contributed by atoms with Gasteiger partial charge in [-0.25, -0.2) is 5.48 Å². The first-order valence-electron chi connectivity index (χ1n) is 7.86. The number of carbonyl (C=O) groups is 2. The normalized spacial score (nSPS) is 10.1. The van der Waals surface area contributed by atoms with Crippen LogP contribution in [-0.4, -0.2) is 29.6 Å². The van der Waals surface area contributed by atoms with Crippen molar-refractivity contribution in [2.45, 2.75) is 13.5 Å². The maximum absolute atomic E-state index is 12.1. The lowest BCUT2D eigenvalue weighted by Crippen LogP contribution is -2.50. The molecular formula is C21H20ClN3O3. The van der Waals surface area contributed by atoms with Crippen LogP contribution in [0.15, 0.2) is 48.5 Å². The molecule has 2 amide bonds. The fourth-order valence-electron chi connectivity index (χ4n) is 2.03. The van der Waals surface area contributed by atoms with E-state index < -0.39 is 17.9 Å². The molecule has 0 spiro atoms. The summed E-state index contributed by atoms with van der Waals surface area (Å²) in [6, 6.07) is 12.6. The van der Waals surface area contributed by atoms with Gasteiger partial charge < -0.3 is 11.1 Å². The molecule has 0 fully saturated rings. The van der Waals surface area contributed by atoms with E-state index in [0.29, 0.717) is 16.1 Å². The molecule has 0 heterocycles. The van der Waals surface area contributed by atoms with Gasteiger partial charge in [-0.05, 0) is 54.3 Å². The molecule has 0 aliphatic rings. The highest BCUT2D eigenvalue weighted by molar-refractivity contribution is 6.30. The zero-order valence-corrected chi connectivity index (χ0v) is 14.9. The summed E-state index contributed by atoms with van der Waals surface area (Å²) in [5, 5.41) is 11.6. The van der Waals surface area contributed by atoms with Gasteiger partial charge in [0.15, 0.2) is 0 Å². The Kier molecular flexibility index (Phi) is 9.29. The van der Waals surface area contributed by atoms with Crippen LogP contribution in [0.25, 0.3) is 0 Å². The van der Waals surface area contributed by atoms with Gasteiger partial charge in [-0.3, -0.25) is 14.8 Å². The monoisotopic (exact) mass is 397 g/mol. The van der Waals surface area contributed by atoms with Gasteiger partial charge in [0.1, 0.15) is 6.04 Å². The van der Waals surface area contributed by atoms with Crippen molar-refractivity contribution in [3.63, 3.8) is 0 Å². The predicted molar refractivity (Wildman–Crippen MR) is 109 cm³/mol. The maximum atomic E-state index is 12.1. The number of benzene rings is 2. The number of hydrogen-bond acceptors (Lipinski definition) is 4. The van der Waals surface area contributed by atoms with Crippen molar-refractivity contribution in [2.24, 2.45) is 5.73 Å². The van der Waals surface area contributed by atoms with Crippen LogP contribution in [0.5, 0.6) is 0 Å². The zero-order valence-electron chi connectivity index (χ0n) is 14.1. The van der Waals surface area contributed by atoms with Crippen molar-refractivity contribution >= 4 is 23.4 Å². The Hall–Kier alpha value is -3.29. The molecule has 0 aromatic heterocycles. The third kappa shape index (κ3) is 6.79. The summed E-state index contributed by atoms with van der Waals surface area (Å²) < 4.78 is 0. The lowest BCUT2D eigenvalue weighted by atomic mass is 10.1. The molecule has 0 saturated carbocycles. The zero-order chi connectivity index (χ0) is 19.6. The van der Waals surface area contributed by atoms with Gasteiger partial charge in [0, 0.05) is 28.3 Å². The minimum absolute atomic E-state index is 0. The molecule has 28 heavy (non-hydrogen) atoms. The molecule has 7 heteroatoms. The van der Waals surface area contributed by atoms with E-state index in [1.807, 2.05) is 12.1 Å². The summed E-state index contributed by atoms with van der Waals surface area (Å²) in [6.45, 7) is -0.146. The third-order valence-electron chi connectivity index (χ3n) is 3.42. The van der Waals surface area contributed by atoms with Crippen LogP contribution in [0, 0.1) is 23.7 Å². The lowest BCUT2D eigenvalue weighted by Gasteiger charge is -2.14. The van der Waals surface area contributed by atoms with Crippen molar-refractivity contribution in [3.05, 3.63) is 70.2 Å². The van der Waals surface area contributed by atoms with E-state index in [0.717, 1.165) is 5.56 Å². The summed E-state index contributed by atoms with van der Waals surface area (Å²) in [5.41, 5.74) is 8.62. The summed E-state index contributed by atoms with van der Waals surface area (Å²) in [5.74, 6) is 9.95. The molecule has 1 atom stereocenters. The van der Waals surface area contributed by atoms with Crippen molar-refractivity contribution in [2.75, 3.05) is 6.54 Å². The molecular weight excluding hydrogens is 378 g/mol. The molecule has 2 aromatic carbocycles. The first-order valence-corrected chi connectivity index (χ1v) is 8.24. The van der Waals surface area contributed by atoms with Crippen molar-refractivity contribution < 1.29 is 14.8 Å². The Balaban J connectivity index is 0.00000392. The van der Waals surface area contributed by atoms with Crippen LogP contribution in [-0.2, 0) is 4.79 Å². The lowest BCUT2D eigenvalue weighted by molar-refractivity contribution is -0.130. The molecule has 6 nitrogen and oxygen atoms in total. The quantitative estimate of drug-likeness (QED) is 0.359. The average Bonchev–Trinajstić information content (AvgIpc) is 2.69. The van der Waals surface area contributed by atoms with Gasteiger partial charge in [-0.2, -0.15) is 0 Å². The number of carbonyl (C=O) groups excluding carboxylic acids is 2. The van der Waals surface area contributed by atoms with E-state index in [2.05, 4.69) is 29.0 Å². The average molecular weight is 398 g/mol. The van der Waals surface area contributed by atoms with Crippen molar-refractivity contribution in [3.8, 4) is 23.7 Å². The number of amides is 2. The van der Waals surface area contributed by atoms with Crippen LogP contribution in [0.3, 0.4) is 0 Å². The Labute approximate surface area is 169 Å². The fourth-order valence-corrected chi connectivity index (χ4v) is 2.22. The Morgan fingerprint density at radius 2 is 1.71 bits per heavy atom. The van der Waals surface area contributed by atoms with E-state index >= 15 is 0 Å². The van der Waals surface area contributed by atoms with E-state index in [4.69, 9.17) is 22.5 Å². The molecule has 2 rings (SSSR count). The molecule has 0 aliphatic carbocycles. The molecule has 0 unspecified atom stereocenters. The second kappa shape index (κ2) is 11.4. The van der Waals surface area contributed by atoms with Crippen molar-refractivity contribution in [1.29, 1.82) is 0 Å². The molecule has 0 aliphatic heterocycles. The van der Waals surface area contributed by atoms with Gasteiger partial charge in [-0.1, -0.05) is 36.9 Å². The molecule has 0 saturated heterocycles. The highest BCUT2D eigenvalue weighted by Gasteiger charge is 2.19. The largest absolute Gasteiger partial charge is 0.339 e. The number of hydrogen-bond donors (Lipinski definition) is 4. The maximum Gasteiger partial charge on any atom is 0.267 e. The van der Waals surface area contributed by atoms with Gasteiger partial charge in [-0.15, -0.1) is 0 Å². The van der Waals surface area contributed by atoms with Gasteiger partial charge in [0.2, 0.25) is 0 Å². The highest BCUT2D eigenvalue weighted by Crippen LogP contribution is 2.09. The number of nitrogens with one attached hydrogen (secondary N) is 2. The summed E-state index contributed by atoms with van der Waals surface area (Å²) in [7, 11) is 0. The number of nitrogens with two attached hydrogens (primary N) is 1. The van der Waals surface area contributed by atoms with Crippen LogP contribution >= 0.6 is 11.6 Å². The Bertz CT molecular complexity index is 951. The van der Waals surface area contributed by atoms with Crippen molar-refractivity contribution in [1.82, 2.24) is 10.8 Å². The number of rotatable bonds is 4. The Morgan fingerprint density at radius 3 is 2.29 bits per heavy atom.